The third kappa shape index (κ3) is 5.54. The fourth-order valence-corrected chi connectivity index (χ4v) is 0.724. The van der Waals surface area contributed by atoms with E-state index in [4.69, 9.17) is 0 Å². The van der Waals surface area contributed by atoms with Gasteiger partial charge in [-0.2, -0.15) is 0 Å². The van der Waals surface area contributed by atoms with Crippen molar-refractivity contribution in [3.63, 3.8) is 0 Å². The fraction of sp³-hybridized carbons (Fsp3) is 0.182. The lowest BCUT2D eigenvalue weighted by molar-refractivity contribution is -0.384. The Bertz CT molecular complexity index is 373. The van der Waals surface area contributed by atoms with Gasteiger partial charge in [0.05, 0.1) is 12.0 Å². The molecule has 0 aliphatic heterocycles. The Balaban J connectivity index is 0.000000293. The average Bonchev–Trinajstić information content (AvgIpc) is 2.29. The van der Waals surface area contributed by atoms with Gasteiger partial charge in [-0.25, -0.2) is 4.79 Å². The maximum atomic E-state index is 10.2. The highest BCUT2D eigenvalue weighted by Crippen LogP contribution is 2.06. The predicted octanol–water partition coefficient (Wildman–Crippen LogP) is 2.33. The molecule has 0 aliphatic rings. The van der Waals surface area contributed by atoms with E-state index in [9.17, 15) is 14.9 Å². The van der Waals surface area contributed by atoms with Gasteiger partial charge in [-0.3, -0.25) is 10.1 Å². The van der Waals surface area contributed by atoms with Crippen molar-refractivity contribution in [1.29, 1.82) is 0 Å². The van der Waals surface area contributed by atoms with Gasteiger partial charge in [-0.1, -0.05) is 24.8 Å². The van der Waals surface area contributed by atoms with Crippen molar-refractivity contribution in [1.82, 2.24) is 0 Å². The first kappa shape index (κ1) is 13.8. The number of benzene rings is 1. The van der Waals surface area contributed by atoms with Crippen LogP contribution in [0.25, 0.3) is 0 Å². The molecule has 0 bridgehead atoms. The summed E-state index contributed by atoms with van der Waals surface area (Å²) < 4.78 is 4.27. The Morgan fingerprint density at radius 2 is 1.88 bits per heavy atom. The first-order chi connectivity index (χ1) is 7.49. The fourth-order valence-electron chi connectivity index (χ4n) is 0.724. The van der Waals surface area contributed by atoms with Crippen LogP contribution in [0.15, 0.2) is 42.5 Å². The lowest BCUT2D eigenvalue weighted by Crippen LogP contribution is -1.98. The molecule has 0 fully saturated rings. The van der Waals surface area contributed by atoms with Crippen LogP contribution in [0.3, 0.4) is 0 Å². The largest absolute Gasteiger partial charge is 0.466 e. The minimum atomic E-state index is -0.417. The minimum Gasteiger partial charge on any atom is -0.466 e. The smallest absolute Gasteiger partial charge is 0.332 e. The van der Waals surface area contributed by atoms with Crippen LogP contribution in [0.4, 0.5) is 5.69 Å². The van der Waals surface area contributed by atoms with Gasteiger partial charge >= 0.3 is 5.97 Å². The highest BCUT2D eigenvalue weighted by molar-refractivity contribution is 5.86. The quantitative estimate of drug-likeness (QED) is 0.334. The SMILES string of the molecule is C=C(C)C(=O)OC.O=[N+]([O-])c1ccccc1. The number of nitro benzene ring substituents is 1. The van der Waals surface area contributed by atoms with Crippen molar-refractivity contribution >= 4 is 11.7 Å². The molecule has 5 heteroatoms. The van der Waals surface area contributed by atoms with Crippen molar-refractivity contribution in [2.24, 2.45) is 0 Å². The van der Waals surface area contributed by atoms with Gasteiger partial charge in [-0.15, -0.1) is 0 Å². The van der Waals surface area contributed by atoms with Crippen LogP contribution >= 0.6 is 0 Å². The molecule has 16 heavy (non-hydrogen) atoms. The number of nitro groups is 1. The average molecular weight is 223 g/mol. The van der Waals surface area contributed by atoms with Gasteiger partial charge in [0.1, 0.15) is 0 Å². The van der Waals surface area contributed by atoms with E-state index in [-0.39, 0.29) is 11.7 Å². The number of carbonyl (C=O) groups is 1. The van der Waals surface area contributed by atoms with E-state index in [0.717, 1.165) is 0 Å². The predicted molar refractivity (Wildman–Crippen MR) is 59.9 cm³/mol. The Labute approximate surface area is 93.5 Å². The summed E-state index contributed by atoms with van der Waals surface area (Å²) >= 11 is 0. The molecule has 0 spiro atoms. The van der Waals surface area contributed by atoms with Crippen LogP contribution < -0.4 is 0 Å². The molecule has 86 valence electrons. The van der Waals surface area contributed by atoms with Crippen molar-refractivity contribution < 1.29 is 14.5 Å². The summed E-state index contributed by atoms with van der Waals surface area (Å²) in [5.41, 5.74) is 0.569. The first-order valence-electron chi connectivity index (χ1n) is 4.42. The summed E-state index contributed by atoms with van der Waals surface area (Å²) in [4.78, 5) is 19.8. The Hall–Kier alpha value is -2.17. The third-order valence-corrected chi connectivity index (χ3v) is 1.50. The zero-order chi connectivity index (χ0) is 12.6. The minimum absolute atomic E-state index is 0.137. The van der Waals surface area contributed by atoms with E-state index in [1.807, 2.05) is 0 Å². The van der Waals surface area contributed by atoms with Gasteiger partial charge in [-0.05, 0) is 6.92 Å². The summed E-state index contributed by atoms with van der Waals surface area (Å²) in [6, 6.07) is 7.93. The number of nitrogens with zero attached hydrogens (tertiary/aromatic N) is 1. The van der Waals surface area contributed by atoms with Crippen LogP contribution in [0.2, 0.25) is 0 Å². The topological polar surface area (TPSA) is 69.4 Å². The summed E-state index contributed by atoms with van der Waals surface area (Å²) in [5.74, 6) is -0.347. The van der Waals surface area contributed by atoms with Gasteiger partial charge in [0.25, 0.3) is 5.69 Å². The molecule has 0 aromatic heterocycles. The molecule has 0 radical (unpaired) electrons. The van der Waals surface area contributed by atoms with Crippen LogP contribution in [0, 0.1) is 10.1 Å². The highest BCUT2D eigenvalue weighted by atomic mass is 16.6. The molecular weight excluding hydrogens is 210 g/mol. The zero-order valence-electron chi connectivity index (χ0n) is 9.17. The number of carbonyl (C=O) groups excluding carboxylic acids is 1. The molecule has 1 rings (SSSR count). The molecule has 0 unspecified atom stereocenters. The van der Waals surface area contributed by atoms with E-state index in [0.29, 0.717) is 5.57 Å². The second kappa shape index (κ2) is 7.17. The molecule has 0 atom stereocenters. The monoisotopic (exact) mass is 223 g/mol. The van der Waals surface area contributed by atoms with E-state index in [1.165, 1.54) is 19.2 Å². The number of hydrogen-bond donors (Lipinski definition) is 0. The second-order valence-corrected chi connectivity index (χ2v) is 2.86. The molecular formula is C11H13NO4. The molecule has 0 aliphatic carbocycles. The Morgan fingerprint density at radius 1 is 1.38 bits per heavy atom. The molecule has 1 aromatic carbocycles. The summed E-state index contributed by atoms with van der Waals surface area (Å²) in [6.07, 6.45) is 0. The summed E-state index contributed by atoms with van der Waals surface area (Å²) in [7, 11) is 1.33. The van der Waals surface area contributed by atoms with Crippen molar-refractivity contribution in [2.75, 3.05) is 7.11 Å². The summed E-state index contributed by atoms with van der Waals surface area (Å²) in [6.45, 7) is 4.95. The van der Waals surface area contributed by atoms with Crippen LogP contribution in [-0.2, 0) is 9.53 Å². The van der Waals surface area contributed by atoms with Crippen molar-refractivity contribution in [3.05, 3.63) is 52.6 Å². The van der Waals surface area contributed by atoms with Gasteiger partial charge in [0.15, 0.2) is 0 Å². The van der Waals surface area contributed by atoms with E-state index < -0.39 is 4.92 Å². The van der Waals surface area contributed by atoms with Gasteiger partial charge in [0.2, 0.25) is 0 Å². The highest BCUT2D eigenvalue weighted by Gasteiger charge is 1.98. The number of non-ortho nitro benzene ring substituents is 1. The normalized spacial score (nSPS) is 8.38. The molecule has 1 aromatic rings. The Morgan fingerprint density at radius 3 is 2.06 bits per heavy atom. The number of hydrogen-bond acceptors (Lipinski definition) is 4. The van der Waals surface area contributed by atoms with Gasteiger partial charge in [0, 0.05) is 17.7 Å². The number of para-hydroxylation sites is 1. The standard InChI is InChI=1S/C6H5NO2.C5H8O2/c8-7(9)6-4-2-1-3-5-6;1-4(2)5(6)7-3/h1-5H;1H2,2-3H3. The molecule has 0 N–H and O–H groups in total. The molecule has 0 saturated carbocycles. The van der Waals surface area contributed by atoms with E-state index >= 15 is 0 Å². The lowest BCUT2D eigenvalue weighted by atomic mass is 10.3. The van der Waals surface area contributed by atoms with Crippen molar-refractivity contribution in [2.45, 2.75) is 6.92 Å². The molecule has 0 amide bonds. The molecule has 0 saturated heterocycles. The third-order valence-electron chi connectivity index (χ3n) is 1.50. The number of ether oxygens (including phenoxy) is 1. The zero-order valence-corrected chi connectivity index (χ0v) is 9.17. The number of methoxy groups -OCH3 is 1. The van der Waals surface area contributed by atoms with E-state index in [2.05, 4.69) is 11.3 Å². The van der Waals surface area contributed by atoms with Crippen LogP contribution in [0.5, 0.6) is 0 Å². The molecule has 5 nitrogen and oxygen atoms in total. The van der Waals surface area contributed by atoms with Crippen molar-refractivity contribution in [3.8, 4) is 0 Å². The number of rotatable bonds is 2. The molecule has 0 heterocycles. The van der Waals surface area contributed by atoms with Crippen LogP contribution in [0.1, 0.15) is 6.92 Å². The van der Waals surface area contributed by atoms with Crippen LogP contribution in [-0.4, -0.2) is 18.0 Å². The second-order valence-electron chi connectivity index (χ2n) is 2.86. The summed E-state index contributed by atoms with van der Waals surface area (Å²) in [5, 5.41) is 10.0. The van der Waals surface area contributed by atoms with Gasteiger partial charge < -0.3 is 4.74 Å². The van der Waals surface area contributed by atoms with E-state index in [1.54, 1.807) is 25.1 Å². The lowest BCUT2D eigenvalue weighted by Gasteiger charge is -1.91. The Kier molecular flexibility index (Phi) is 6.19. The number of esters is 1. The first-order valence-corrected chi connectivity index (χ1v) is 4.42. The maximum absolute atomic E-state index is 10.2. The maximum Gasteiger partial charge on any atom is 0.332 e.